The molecule has 16 heteroatoms. The lowest BCUT2D eigenvalue weighted by molar-refractivity contribution is -0.141. The number of carbonyl (C=O) groups is 2. The number of hydrogen-bond donors (Lipinski definition) is 5. The Labute approximate surface area is 231 Å². The van der Waals surface area contributed by atoms with E-state index in [1.807, 2.05) is 13.8 Å². The van der Waals surface area contributed by atoms with Crippen LogP contribution in [0.25, 0.3) is 0 Å². The summed E-state index contributed by atoms with van der Waals surface area (Å²) < 4.78 is 43.7. The molecule has 2 fully saturated rings. The van der Waals surface area contributed by atoms with Gasteiger partial charge < -0.3 is 38.9 Å². The maximum atomic E-state index is 10.6. The fourth-order valence-corrected chi connectivity index (χ4v) is 4.72. The maximum absolute atomic E-state index is 10.6. The van der Waals surface area contributed by atoms with E-state index in [1.54, 1.807) is 7.11 Å². The van der Waals surface area contributed by atoms with Gasteiger partial charge in [0.25, 0.3) is 6.47 Å². The minimum atomic E-state index is -4.49. The molecule has 0 heterocycles. The first-order chi connectivity index (χ1) is 18.0. The predicted molar refractivity (Wildman–Crippen MR) is 142 cm³/mol. The molecule has 39 heavy (non-hydrogen) atoms. The van der Waals surface area contributed by atoms with Crippen molar-refractivity contribution in [3.8, 4) is 0 Å². The quantitative estimate of drug-likeness (QED) is 0.129. The van der Waals surface area contributed by atoms with E-state index in [1.165, 1.54) is 0 Å². The van der Waals surface area contributed by atoms with E-state index < -0.39 is 34.0 Å². The molecule has 0 saturated heterocycles. The van der Waals surface area contributed by atoms with Gasteiger partial charge in [-0.15, -0.1) is 0 Å². The molecule has 0 bridgehead atoms. The first-order valence-electron chi connectivity index (χ1n) is 12.9. The summed E-state index contributed by atoms with van der Waals surface area (Å²) in [7, 11) is -7.00. The number of methoxy groups -OCH3 is 1. The number of phosphoric ester groups is 2. The fourth-order valence-electron chi connectivity index (χ4n) is 3.52. The zero-order chi connectivity index (χ0) is 30.5. The molecule has 234 valence electrons. The molecule has 0 aliphatic heterocycles. The third kappa shape index (κ3) is 29.7. The molecule has 14 nitrogen and oxygen atoms in total. The number of hydrogen-bond acceptors (Lipinski definition) is 9. The van der Waals surface area contributed by atoms with Gasteiger partial charge in [-0.25, -0.2) is 13.9 Å². The molecule has 2 aliphatic rings. The highest BCUT2D eigenvalue weighted by Gasteiger charge is 2.32. The van der Waals surface area contributed by atoms with Crippen LogP contribution in [0.5, 0.6) is 0 Å². The first kappa shape index (κ1) is 40.1. The van der Waals surface area contributed by atoms with E-state index in [4.69, 9.17) is 34.2 Å². The Morgan fingerprint density at radius 3 is 1.59 bits per heavy atom. The van der Waals surface area contributed by atoms with Crippen LogP contribution in [-0.4, -0.2) is 75.9 Å². The van der Waals surface area contributed by atoms with Crippen LogP contribution in [-0.2, 0) is 37.2 Å². The highest BCUT2D eigenvalue weighted by molar-refractivity contribution is 7.46. The van der Waals surface area contributed by atoms with Crippen LogP contribution < -0.4 is 0 Å². The topological polar surface area (TPSA) is 216 Å². The Hall–Kier alpha value is -1.08. The lowest BCUT2D eigenvalue weighted by Gasteiger charge is -2.29. The van der Waals surface area contributed by atoms with Crippen molar-refractivity contribution in [2.75, 3.05) is 20.3 Å². The van der Waals surface area contributed by atoms with Crippen molar-refractivity contribution in [1.29, 1.82) is 0 Å². The Balaban J connectivity index is 0. The third-order valence-electron chi connectivity index (χ3n) is 5.02. The zero-order valence-electron chi connectivity index (χ0n) is 23.5. The van der Waals surface area contributed by atoms with Gasteiger partial charge >= 0.3 is 21.8 Å². The number of ether oxygens (including phenoxy) is 3. The molecule has 2 rings (SSSR count). The molecule has 0 aromatic rings. The fraction of sp³-hybridized carbons (Fsp3) is 0.913. The normalized spacial score (nSPS) is 19.9. The Morgan fingerprint density at radius 1 is 0.795 bits per heavy atom. The van der Waals surface area contributed by atoms with Crippen molar-refractivity contribution in [3.63, 3.8) is 0 Å². The summed E-state index contributed by atoms with van der Waals surface area (Å²) in [6, 6.07) is 0. The molecule has 2 atom stereocenters. The lowest BCUT2D eigenvalue weighted by Crippen LogP contribution is -2.33. The second-order valence-corrected chi connectivity index (χ2v) is 12.2. The molecule has 2 aliphatic carbocycles. The van der Waals surface area contributed by atoms with Crippen LogP contribution in [0.2, 0.25) is 0 Å². The molecule has 2 unspecified atom stereocenters. The van der Waals surface area contributed by atoms with Gasteiger partial charge in [-0.1, -0.05) is 53.4 Å². The second kappa shape index (κ2) is 22.6. The van der Waals surface area contributed by atoms with E-state index in [2.05, 4.69) is 27.6 Å². The van der Waals surface area contributed by atoms with Crippen molar-refractivity contribution in [1.82, 2.24) is 0 Å². The molecule has 0 aromatic heterocycles. The van der Waals surface area contributed by atoms with Gasteiger partial charge in [-0.05, 0) is 43.9 Å². The number of phosphoric acid groups is 2. The van der Waals surface area contributed by atoms with E-state index >= 15 is 0 Å². The van der Waals surface area contributed by atoms with E-state index in [-0.39, 0.29) is 25.1 Å². The second-order valence-electron chi connectivity index (χ2n) is 9.87. The zero-order valence-corrected chi connectivity index (χ0v) is 25.3. The highest BCUT2D eigenvalue weighted by Crippen LogP contribution is 2.42. The molecule has 0 amide bonds. The van der Waals surface area contributed by atoms with Gasteiger partial charge in [0.05, 0.1) is 12.7 Å². The van der Waals surface area contributed by atoms with Crippen LogP contribution in [0.15, 0.2) is 0 Å². The Kier molecular flexibility index (Phi) is 23.2. The van der Waals surface area contributed by atoms with Gasteiger partial charge in [0, 0.05) is 13.7 Å². The largest absolute Gasteiger partial charge is 0.505 e. The van der Waals surface area contributed by atoms with Crippen molar-refractivity contribution < 1.29 is 66.7 Å². The summed E-state index contributed by atoms with van der Waals surface area (Å²) in [6.07, 6.45) is 4.91. The van der Waals surface area contributed by atoms with Gasteiger partial charge in [-0.3, -0.25) is 13.8 Å². The molecule has 0 aromatic carbocycles. The minimum Gasteiger partial charge on any atom is -0.462 e. The third-order valence-corrected chi connectivity index (χ3v) is 6.14. The van der Waals surface area contributed by atoms with Crippen LogP contribution in [0, 0.1) is 11.8 Å². The summed E-state index contributed by atoms with van der Waals surface area (Å²) in [4.78, 5) is 53.9. The summed E-state index contributed by atoms with van der Waals surface area (Å²) in [5.74, 6) is 0.959. The Bertz CT molecular complexity index is 716. The number of carboxylic acid groups (broad SMARTS) is 1. The molecule has 0 spiro atoms. The van der Waals surface area contributed by atoms with Crippen molar-refractivity contribution in [2.45, 2.75) is 104 Å². The van der Waals surface area contributed by atoms with Crippen molar-refractivity contribution in [2.24, 2.45) is 11.8 Å². The predicted octanol–water partition coefficient (Wildman–Crippen LogP) is 4.63. The standard InChI is InChI=1S/C7H13O6P.C6H13O4P.C5H10O3.C5H12O/c8-5-12-6-3-1-2-4-7(6)13-14(9,10)11;7-11(8,9)10-6-4-2-1-3-5-6;1-4(2)3-8-5(6)7;1-5(2)4-6-3/h5-7H,1-4H2,(H2,9,10,11);6H,1-5H2,(H2,7,8,9);4H,3H2,1-2H3,(H,6,7);5H,4H2,1-3H3. The summed E-state index contributed by atoms with van der Waals surface area (Å²) >= 11 is 0. The van der Waals surface area contributed by atoms with Gasteiger partial charge in [0.15, 0.2) is 0 Å². The number of carbonyl (C=O) groups excluding carboxylic acids is 1. The summed E-state index contributed by atoms with van der Waals surface area (Å²) in [5.41, 5.74) is 0. The minimum absolute atomic E-state index is 0.218. The van der Waals surface area contributed by atoms with Gasteiger partial charge in [0.2, 0.25) is 0 Å². The molecule has 0 radical (unpaired) electrons. The Morgan fingerprint density at radius 2 is 1.26 bits per heavy atom. The molecule has 2 saturated carbocycles. The molecular weight excluding hydrogens is 562 g/mol. The van der Waals surface area contributed by atoms with E-state index in [0.29, 0.717) is 18.8 Å². The summed E-state index contributed by atoms with van der Waals surface area (Å²) in [6.45, 7) is 9.49. The molecular formula is C23H48O14P2. The van der Waals surface area contributed by atoms with Crippen LogP contribution >= 0.6 is 15.6 Å². The van der Waals surface area contributed by atoms with Crippen LogP contribution in [0.1, 0.15) is 85.5 Å². The van der Waals surface area contributed by atoms with Crippen molar-refractivity contribution >= 4 is 28.3 Å². The monoisotopic (exact) mass is 610 g/mol. The lowest BCUT2D eigenvalue weighted by atomic mass is 9.95. The van der Waals surface area contributed by atoms with Crippen LogP contribution in [0.3, 0.4) is 0 Å². The summed E-state index contributed by atoms with van der Waals surface area (Å²) in [5, 5.41) is 7.94. The van der Waals surface area contributed by atoms with E-state index in [9.17, 15) is 18.7 Å². The SMILES string of the molecule is CC(C)COC(=O)O.COCC(C)C.O=COC1CCCCC1OP(=O)(O)O.O=P(O)(O)OC1CCCCC1. The maximum Gasteiger partial charge on any atom is 0.505 e. The highest BCUT2D eigenvalue weighted by atomic mass is 31.2. The average Bonchev–Trinajstić information content (AvgIpc) is 2.79. The molecule has 5 N–H and O–H groups in total. The van der Waals surface area contributed by atoms with Gasteiger partial charge in [0.1, 0.15) is 12.2 Å². The smallest absolute Gasteiger partial charge is 0.462 e. The van der Waals surface area contributed by atoms with E-state index in [0.717, 1.165) is 51.6 Å². The first-order valence-corrected chi connectivity index (χ1v) is 16.0. The van der Waals surface area contributed by atoms with Crippen molar-refractivity contribution in [3.05, 3.63) is 0 Å². The average molecular weight is 611 g/mol. The number of rotatable bonds is 10. The van der Waals surface area contributed by atoms with Crippen LogP contribution in [0.4, 0.5) is 4.79 Å². The van der Waals surface area contributed by atoms with Gasteiger partial charge in [-0.2, -0.15) is 0 Å².